The molecule has 0 bridgehead atoms. The van der Waals surface area contributed by atoms with Gasteiger partial charge in [-0.2, -0.15) is 15.0 Å². The number of nitrogens with two attached hydrogens (primary N) is 2. The van der Waals surface area contributed by atoms with Crippen LogP contribution in [0, 0.1) is 0 Å². The van der Waals surface area contributed by atoms with Gasteiger partial charge in [0.25, 0.3) is 0 Å². The van der Waals surface area contributed by atoms with E-state index in [4.69, 9.17) is 11.5 Å². The first-order chi connectivity index (χ1) is 7.76. The number of rotatable bonds is 3. The van der Waals surface area contributed by atoms with Crippen LogP contribution >= 0.6 is 11.8 Å². The smallest absolute Gasteiger partial charge is 0.230 e. The van der Waals surface area contributed by atoms with Crippen molar-refractivity contribution in [2.24, 2.45) is 0 Å². The third-order valence-electron chi connectivity index (χ3n) is 1.50. The lowest BCUT2D eigenvalue weighted by Crippen LogP contribution is -2.41. The van der Waals surface area contributed by atoms with Crippen molar-refractivity contribution in [3.05, 3.63) is 0 Å². The minimum absolute atomic E-state index is 0.0521. The maximum Gasteiger partial charge on any atom is 0.230 e. The van der Waals surface area contributed by atoms with Gasteiger partial charge in [-0.1, -0.05) is 11.8 Å². The summed E-state index contributed by atoms with van der Waals surface area (Å²) in [6.45, 7) is 5.73. The number of nitrogens with one attached hydrogen (secondary N) is 1. The Kier molecular flexibility index (Phi) is 4.11. The van der Waals surface area contributed by atoms with Gasteiger partial charge in [0.05, 0.1) is 5.75 Å². The fourth-order valence-corrected chi connectivity index (χ4v) is 1.69. The fourth-order valence-electron chi connectivity index (χ4n) is 1.04. The topological polar surface area (TPSA) is 120 Å². The van der Waals surface area contributed by atoms with Crippen LogP contribution in [-0.4, -0.2) is 32.2 Å². The first-order valence-electron chi connectivity index (χ1n) is 4.97. The number of aromatic nitrogens is 3. The van der Waals surface area contributed by atoms with E-state index >= 15 is 0 Å². The molecule has 0 atom stereocenters. The van der Waals surface area contributed by atoms with Gasteiger partial charge in [0.1, 0.15) is 0 Å². The lowest BCUT2D eigenvalue weighted by Gasteiger charge is -2.20. The molecule has 0 aliphatic rings. The van der Waals surface area contributed by atoms with Crippen LogP contribution < -0.4 is 16.8 Å². The van der Waals surface area contributed by atoms with Gasteiger partial charge in [0.2, 0.25) is 17.8 Å². The van der Waals surface area contributed by atoms with Crippen molar-refractivity contribution in [3.63, 3.8) is 0 Å². The van der Waals surface area contributed by atoms with Gasteiger partial charge < -0.3 is 16.8 Å². The Hall–Kier alpha value is -1.57. The lowest BCUT2D eigenvalue weighted by molar-refractivity contribution is -0.119. The predicted molar refractivity (Wildman–Crippen MR) is 67.3 cm³/mol. The maximum absolute atomic E-state index is 11.5. The molecule has 1 aromatic rings. The zero-order valence-electron chi connectivity index (χ0n) is 10.0. The van der Waals surface area contributed by atoms with Crippen LogP contribution in [-0.2, 0) is 4.79 Å². The van der Waals surface area contributed by atoms with E-state index in [-0.39, 0.29) is 29.1 Å². The first-order valence-corrected chi connectivity index (χ1v) is 5.96. The fraction of sp³-hybridized carbons (Fsp3) is 0.556. The molecule has 0 aliphatic heterocycles. The Balaban J connectivity index is 2.53. The highest BCUT2D eigenvalue weighted by atomic mass is 32.2. The van der Waals surface area contributed by atoms with Gasteiger partial charge in [-0.05, 0) is 20.8 Å². The van der Waals surface area contributed by atoms with Crippen LogP contribution in [0.25, 0.3) is 0 Å². The van der Waals surface area contributed by atoms with Crippen LogP contribution in [0.4, 0.5) is 11.9 Å². The number of thioether (sulfide) groups is 1. The summed E-state index contributed by atoms with van der Waals surface area (Å²) in [5, 5.41) is 3.17. The molecule has 94 valence electrons. The van der Waals surface area contributed by atoms with Gasteiger partial charge in [-0.3, -0.25) is 4.79 Å². The van der Waals surface area contributed by atoms with Crippen LogP contribution in [0.1, 0.15) is 20.8 Å². The average Bonchev–Trinajstić information content (AvgIpc) is 2.10. The summed E-state index contributed by atoms with van der Waals surface area (Å²) < 4.78 is 0. The van der Waals surface area contributed by atoms with Crippen LogP contribution in [0.15, 0.2) is 5.16 Å². The molecule has 8 heteroatoms. The van der Waals surface area contributed by atoms with Crippen molar-refractivity contribution in [3.8, 4) is 0 Å². The number of hydrogen-bond donors (Lipinski definition) is 3. The molecule has 7 nitrogen and oxygen atoms in total. The van der Waals surface area contributed by atoms with Crippen LogP contribution in [0.3, 0.4) is 0 Å². The van der Waals surface area contributed by atoms with Crippen molar-refractivity contribution < 1.29 is 4.79 Å². The summed E-state index contributed by atoms with van der Waals surface area (Å²) in [4.78, 5) is 22.9. The number of nitrogens with zero attached hydrogens (tertiary/aromatic N) is 3. The van der Waals surface area contributed by atoms with Gasteiger partial charge in [-0.25, -0.2) is 0 Å². The van der Waals surface area contributed by atoms with Crippen LogP contribution in [0.5, 0.6) is 0 Å². The van der Waals surface area contributed by atoms with E-state index in [1.54, 1.807) is 0 Å². The molecule has 0 spiro atoms. The van der Waals surface area contributed by atoms with Crippen molar-refractivity contribution >= 4 is 29.6 Å². The summed E-state index contributed by atoms with van der Waals surface area (Å²) in [7, 11) is 0. The number of carbonyl (C=O) groups is 1. The number of hydrogen-bond acceptors (Lipinski definition) is 7. The number of anilines is 2. The van der Waals surface area contributed by atoms with E-state index in [0.717, 1.165) is 11.8 Å². The molecule has 5 N–H and O–H groups in total. The molecule has 1 heterocycles. The highest BCUT2D eigenvalue weighted by molar-refractivity contribution is 7.99. The Morgan fingerprint density at radius 3 is 2.24 bits per heavy atom. The van der Waals surface area contributed by atoms with Crippen molar-refractivity contribution in [2.45, 2.75) is 31.5 Å². The summed E-state index contributed by atoms with van der Waals surface area (Å²) in [5.41, 5.74) is 10.6. The molecule has 1 rings (SSSR count). The lowest BCUT2D eigenvalue weighted by atomic mass is 10.1. The molecule has 17 heavy (non-hydrogen) atoms. The Bertz CT molecular complexity index is 396. The van der Waals surface area contributed by atoms with E-state index in [9.17, 15) is 4.79 Å². The Morgan fingerprint density at radius 2 is 1.76 bits per heavy atom. The Morgan fingerprint density at radius 1 is 1.24 bits per heavy atom. The molecule has 0 fully saturated rings. The van der Waals surface area contributed by atoms with Gasteiger partial charge in [-0.15, -0.1) is 0 Å². The summed E-state index contributed by atoms with van der Waals surface area (Å²) >= 11 is 1.16. The zero-order valence-corrected chi connectivity index (χ0v) is 10.8. The second-order valence-corrected chi connectivity index (χ2v) is 5.36. The third kappa shape index (κ3) is 5.34. The highest BCUT2D eigenvalue weighted by Gasteiger charge is 2.14. The van der Waals surface area contributed by atoms with E-state index in [1.807, 2.05) is 20.8 Å². The quantitative estimate of drug-likeness (QED) is 0.653. The summed E-state index contributed by atoms with van der Waals surface area (Å²) in [6, 6.07) is 0. The summed E-state index contributed by atoms with van der Waals surface area (Å²) in [6.07, 6.45) is 0. The number of amides is 1. The Labute approximate surface area is 104 Å². The zero-order chi connectivity index (χ0) is 13.1. The largest absolute Gasteiger partial charge is 0.368 e. The SMILES string of the molecule is CC(C)(C)NC(=O)CSc1nc(N)nc(N)n1. The van der Waals surface area contributed by atoms with Crippen molar-refractivity contribution in [1.82, 2.24) is 20.3 Å². The molecule has 0 saturated heterocycles. The molecule has 0 radical (unpaired) electrons. The number of nitrogen functional groups attached to an aromatic ring is 2. The van der Waals surface area contributed by atoms with Crippen LogP contribution in [0.2, 0.25) is 0 Å². The van der Waals surface area contributed by atoms with Crippen molar-refractivity contribution in [2.75, 3.05) is 17.2 Å². The van der Waals surface area contributed by atoms with E-state index < -0.39 is 0 Å². The molecule has 1 aromatic heterocycles. The van der Waals surface area contributed by atoms with Gasteiger partial charge >= 0.3 is 0 Å². The van der Waals surface area contributed by atoms with Gasteiger partial charge in [0, 0.05) is 5.54 Å². The standard InChI is InChI=1S/C9H16N6OS/c1-9(2,3)15-5(16)4-17-8-13-6(10)12-7(11)14-8/h4H2,1-3H3,(H,15,16)(H4,10,11,12,13,14). The molecule has 0 aliphatic carbocycles. The van der Waals surface area contributed by atoms with Gasteiger partial charge in [0.15, 0.2) is 5.16 Å². The molecule has 0 saturated carbocycles. The highest BCUT2D eigenvalue weighted by Crippen LogP contribution is 2.14. The monoisotopic (exact) mass is 256 g/mol. The second kappa shape index (κ2) is 5.17. The van der Waals surface area contributed by atoms with E-state index in [1.165, 1.54) is 0 Å². The maximum atomic E-state index is 11.5. The molecular formula is C9H16N6OS. The number of carbonyl (C=O) groups excluding carboxylic acids is 1. The van der Waals surface area contributed by atoms with E-state index in [0.29, 0.717) is 5.16 Å². The third-order valence-corrected chi connectivity index (χ3v) is 2.34. The summed E-state index contributed by atoms with van der Waals surface area (Å²) in [5.74, 6) is 0.215. The van der Waals surface area contributed by atoms with Crippen molar-refractivity contribution in [1.29, 1.82) is 0 Å². The molecule has 1 amide bonds. The molecule has 0 unspecified atom stereocenters. The first kappa shape index (κ1) is 13.5. The molecular weight excluding hydrogens is 240 g/mol. The average molecular weight is 256 g/mol. The van der Waals surface area contributed by atoms with E-state index in [2.05, 4.69) is 20.3 Å². The molecule has 0 aromatic carbocycles. The second-order valence-electron chi connectivity index (χ2n) is 4.42. The minimum Gasteiger partial charge on any atom is -0.368 e. The minimum atomic E-state index is -0.255. The predicted octanol–water partition coefficient (Wildman–Crippen LogP) is 0.0428. The normalized spacial score (nSPS) is 11.2.